The second-order valence-corrected chi connectivity index (χ2v) is 7.77. The molecular weight excluding hydrogens is 304 g/mol. The van der Waals surface area contributed by atoms with Gasteiger partial charge in [-0.15, -0.1) is 0 Å². The summed E-state index contributed by atoms with van der Waals surface area (Å²) in [5, 5.41) is 0. The number of esters is 1. The number of hydrogen-bond acceptors (Lipinski definition) is 4. The topological polar surface area (TPSA) is 52.6 Å². The molecule has 2 aliphatic carbocycles. The van der Waals surface area contributed by atoms with Gasteiger partial charge in [-0.3, -0.25) is 9.59 Å². The summed E-state index contributed by atoms with van der Waals surface area (Å²) in [6.07, 6.45) is 3.93. The Kier molecular flexibility index (Phi) is 4.18. The zero-order valence-electron chi connectivity index (χ0n) is 15.0. The van der Waals surface area contributed by atoms with Gasteiger partial charge in [0.05, 0.1) is 20.6 Å². The smallest absolute Gasteiger partial charge is 0.306 e. The Morgan fingerprint density at radius 2 is 2.00 bits per heavy atom. The molecule has 2 aliphatic rings. The average molecular weight is 330 g/mol. The van der Waals surface area contributed by atoms with Gasteiger partial charge in [-0.1, -0.05) is 26.3 Å². The molecule has 3 rings (SSSR count). The molecule has 0 radical (unpaired) electrons. The highest BCUT2D eigenvalue weighted by molar-refractivity contribution is 6.00. The third-order valence-corrected chi connectivity index (χ3v) is 6.36. The Morgan fingerprint density at radius 1 is 1.25 bits per heavy atom. The zero-order valence-corrected chi connectivity index (χ0v) is 15.0. The summed E-state index contributed by atoms with van der Waals surface area (Å²) in [4.78, 5) is 24.8. The molecular formula is C20H26O4. The first-order chi connectivity index (χ1) is 11.3. The van der Waals surface area contributed by atoms with E-state index in [4.69, 9.17) is 9.47 Å². The van der Waals surface area contributed by atoms with Crippen LogP contribution >= 0.6 is 0 Å². The first-order valence-corrected chi connectivity index (χ1v) is 8.62. The Labute approximate surface area is 143 Å². The van der Waals surface area contributed by atoms with Crippen LogP contribution < -0.4 is 4.74 Å². The Balaban J connectivity index is 2.06. The summed E-state index contributed by atoms with van der Waals surface area (Å²) < 4.78 is 10.2. The van der Waals surface area contributed by atoms with Crippen LogP contribution in [0.3, 0.4) is 0 Å². The molecule has 1 aromatic rings. The fraction of sp³-hybridized carbons (Fsp3) is 0.600. The van der Waals surface area contributed by atoms with E-state index in [2.05, 4.69) is 13.8 Å². The lowest BCUT2D eigenvalue weighted by Crippen LogP contribution is -2.51. The number of Topliss-reactive ketones (excluding diaryl/α,β-unsaturated/α-hetero) is 1. The minimum atomic E-state index is -0.201. The van der Waals surface area contributed by atoms with E-state index in [9.17, 15) is 9.59 Å². The van der Waals surface area contributed by atoms with Gasteiger partial charge in [-0.2, -0.15) is 0 Å². The Morgan fingerprint density at radius 3 is 2.67 bits per heavy atom. The van der Waals surface area contributed by atoms with Crippen LogP contribution in [0.5, 0.6) is 5.75 Å². The van der Waals surface area contributed by atoms with E-state index in [-0.39, 0.29) is 28.5 Å². The Bertz CT molecular complexity index is 680. The van der Waals surface area contributed by atoms with Crippen LogP contribution in [0.4, 0.5) is 0 Å². The molecule has 0 aliphatic heterocycles. The standard InChI is InChI=1S/C20H26O4/c1-19(12-18(22)24-4)8-5-9-20(2)15-7-6-13(23-3)10-14(15)16(21)11-17(19)20/h6-7,10,17H,5,8-9,11-12H2,1-4H3/t17-,19-,20+/m0/s1. The van der Waals surface area contributed by atoms with Gasteiger partial charge in [0.25, 0.3) is 0 Å². The summed E-state index contributed by atoms with van der Waals surface area (Å²) in [5.41, 5.74) is 1.61. The van der Waals surface area contributed by atoms with Crippen molar-refractivity contribution in [1.29, 1.82) is 0 Å². The lowest BCUT2D eigenvalue weighted by molar-refractivity contribution is -0.145. The van der Waals surface area contributed by atoms with Crippen LogP contribution in [-0.4, -0.2) is 26.0 Å². The molecule has 1 aromatic carbocycles. The number of benzene rings is 1. The number of carbonyl (C=O) groups is 2. The van der Waals surface area contributed by atoms with Crippen molar-refractivity contribution in [2.75, 3.05) is 14.2 Å². The van der Waals surface area contributed by atoms with E-state index >= 15 is 0 Å². The summed E-state index contributed by atoms with van der Waals surface area (Å²) in [6, 6.07) is 5.85. The van der Waals surface area contributed by atoms with Gasteiger partial charge in [0.1, 0.15) is 5.75 Å². The second kappa shape index (κ2) is 5.91. The van der Waals surface area contributed by atoms with Crippen LogP contribution in [0.25, 0.3) is 0 Å². The highest BCUT2D eigenvalue weighted by Gasteiger charge is 2.54. The quantitative estimate of drug-likeness (QED) is 0.789. The maximum Gasteiger partial charge on any atom is 0.306 e. The fourth-order valence-corrected chi connectivity index (χ4v) is 5.06. The third-order valence-electron chi connectivity index (χ3n) is 6.36. The molecule has 0 amide bonds. The molecule has 0 saturated heterocycles. The summed E-state index contributed by atoms with van der Waals surface area (Å²) in [5.74, 6) is 0.850. The minimum absolute atomic E-state index is 0.0868. The van der Waals surface area contributed by atoms with Crippen molar-refractivity contribution in [3.05, 3.63) is 29.3 Å². The van der Waals surface area contributed by atoms with Crippen molar-refractivity contribution in [2.24, 2.45) is 11.3 Å². The van der Waals surface area contributed by atoms with E-state index in [0.29, 0.717) is 12.8 Å². The van der Waals surface area contributed by atoms with E-state index in [1.807, 2.05) is 18.2 Å². The highest BCUT2D eigenvalue weighted by Crippen LogP contribution is 2.58. The number of hydrogen-bond donors (Lipinski definition) is 0. The van der Waals surface area contributed by atoms with E-state index in [1.54, 1.807) is 7.11 Å². The molecule has 0 aromatic heterocycles. The monoisotopic (exact) mass is 330 g/mol. The van der Waals surface area contributed by atoms with Crippen LogP contribution in [0.15, 0.2) is 18.2 Å². The van der Waals surface area contributed by atoms with Crippen molar-refractivity contribution in [1.82, 2.24) is 0 Å². The molecule has 4 nitrogen and oxygen atoms in total. The summed E-state index contributed by atoms with van der Waals surface area (Å²) >= 11 is 0. The minimum Gasteiger partial charge on any atom is -0.497 e. The number of ether oxygens (including phenoxy) is 2. The maximum atomic E-state index is 12.8. The first-order valence-electron chi connectivity index (χ1n) is 8.62. The van der Waals surface area contributed by atoms with Gasteiger partial charge in [0.15, 0.2) is 5.78 Å². The number of fused-ring (bicyclic) bond motifs is 3. The maximum absolute atomic E-state index is 12.8. The van der Waals surface area contributed by atoms with Crippen LogP contribution in [0.1, 0.15) is 61.9 Å². The normalized spacial score (nSPS) is 31.8. The number of rotatable bonds is 3. The van der Waals surface area contributed by atoms with E-state index in [0.717, 1.165) is 36.1 Å². The number of ketones is 1. The van der Waals surface area contributed by atoms with E-state index in [1.165, 1.54) is 7.11 Å². The molecule has 4 heteroatoms. The van der Waals surface area contributed by atoms with Gasteiger partial charge in [0.2, 0.25) is 0 Å². The largest absolute Gasteiger partial charge is 0.497 e. The van der Waals surface area contributed by atoms with Crippen LogP contribution in [0.2, 0.25) is 0 Å². The van der Waals surface area contributed by atoms with Crippen molar-refractivity contribution < 1.29 is 19.1 Å². The van der Waals surface area contributed by atoms with Crippen molar-refractivity contribution in [3.63, 3.8) is 0 Å². The Hall–Kier alpha value is -1.84. The molecule has 1 fully saturated rings. The third kappa shape index (κ3) is 2.52. The predicted molar refractivity (Wildman–Crippen MR) is 91.4 cm³/mol. The van der Waals surface area contributed by atoms with Gasteiger partial charge in [-0.05, 0) is 47.3 Å². The van der Waals surface area contributed by atoms with Crippen molar-refractivity contribution in [2.45, 2.75) is 51.4 Å². The number of methoxy groups -OCH3 is 2. The lowest BCUT2D eigenvalue weighted by atomic mass is 9.49. The second-order valence-electron chi connectivity index (χ2n) is 7.77. The van der Waals surface area contributed by atoms with Crippen LogP contribution in [0, 0.1) is 11.3 Å². The lowest BCUT2D eigenvalue weighted by Gasteiger charge is -2.54. The fourth-order valence-electron chi connectivity index (χ4n) is 5.06. The van der Waals surface area contributed by atoms with Crippen molar-refractivity contribution >= 4 is 11.8 Å². The highest BCUT2D eigenvalue weighted by atomic mass is 16.5. The van der Waals surface area contributed by atoms with Gasteiger partial charge < -0.3 is 9.47 Å². The molecule has 3 atom stereocenters. The summed E-state index contributed by atoms with van der Waals surface area (Å²) in [6.45, 7) is 4.40. The molecule has 1 saturated carbocycles. The molecule has 24 heavy (non-hydrogen) atoms. The molecule has 0 bridgehead atoms. The molecule has 130 valence electrons. The average Bonchev–Trinajstić information content (AvgIpc) is 2.56. The van der Waals surface area contributed by atoms with Gasteiger partial charge >= 0.3 is 5.97 Å². The molecule has 0 spiro atoms. The molecule has 0 heterocycles. The first kappa shape index (κ1) is 17.0. The van der Waals surface area contributed by atoms with Crippen LogP contribution in [-0.2, 0) is 14.9 Å². The van der Waals surface area contributed by atoms with E-state index < -0.39 is 0 Å². The number of carbonyl (C=O) groups excluding carboxylic acids is 2. The SMILES string of the molecule is COC(=O)C[C@]1(C)CCC[C@]2(C)c3ccc(OC)cc3C(=O)C[C@@H]12. The summed E-state index contributed by atoms with van der Waals surface area (Å²) in [7, 11) is 3.05. The van der Waals surface area contributed by atoms with Gasteiger partial charge in [-0.25, -0.2) is 0 Å². The van der Waals surface area contributed by atoms with Gasteiger partial charge in [0, 0.05) is 12.0 Å². The molecule has 0 unspecified atom stereocenters. The molecule has 0 N–H and O–H groups in total. The zero-order chi connectivity index (χ0) is 17.5. The van der Waals surface area contributed by atoms with Crippen molar-refractivity contribution in [3.8, 4) is 5.75 Å². The predicted octanol–water partition coefficient (Wildman–Crippen LogP) is 3.91.